The van der Waals surface area contributed by atoms with Crippen LogP contribution in [-0.2, 0) is 0 Å². The summed E-state index contributed by atoms with van der Waals surface area (Å²) in [4.78, 5) is 29.5. The van der Waals surface area contributed by atoms with Crippen molar-refractivity contribution in [2.75, 3.05) is 0 Å². The zero-order chi connectivity index (χ0) is 40.1. The van der Waals surface area contributed by atoms with E-state index in [4.69, 9.17) is 15.0 Å². The first-order valence-electron chi connectivity index (χ1n) is 19.8. The standard InChI is InChI=1S/C54H36N6/c1-4-28-55-46(19-1)37-13-7-16-40(31-37)49-22-10-25-52(58-49)43-34-44(53-26-11-23-50(59-53)41-17-8-14-38(32-41)47-20-2-5-29-56-47)36-45(35-43)54-27-12-24-51(60-54)42-18-9-15-39(33-42)48-21-3-6-30-57-48/h1-36H. The fraction of sp³-hybridized carbons (Fsp3) is 0. The molecule has 60 heavy (non-hydrogen) atoms. The van der Waals surface area contributed by atoms with Gasteiger partial charge in [-0.15, -0.1) is 0 Å². The Balaban J connectivity index is 1.07. The second-order valence-electron chi connectivity index (χ2n) is 14.4. The van der Waals surface area contributed by atoms with Gasteiger partial charge in [-0.1, -0.05) is 91.0 Å². The monoisotopic (exact) mass is 768 g/mol. The number of rotatable bonds is 9. The van der Waals surface area contributed by atoms with E-state index in [2.05, 4.69) is 161 Å². The van der Waals surface area contributed by atoms with Gasteiger partial charge >= 0.3 is 0 Å². The number of hydrogen-bond acceptors (Lipinski definition) is 6. The van der Waals surface area contributed by atoms with Gasteiger partial charge < -0.3 is 0 Å². The van der Waals surface area contributed by atoms with E-state index in [1.807, 2.05) is 73.2 Å². The van der Waals surface area contributed by atoms with Crippen molar-refractivity contribution in [1.82, 2.24) is 29.9 Å². The highest BCUT2D eigenvalue weighted by Gasteiger charge is 2.14. The number of benzene rings is 4. The van der Waals surface area contributed by atoms with Gasteiger partial charge in [-0.05, 0) is 109 Å². The van der Waals surface area contributed by atoms with Crippen molar-refractivity contribution in [3.8, 4) is 101 Å². The van der Waals surface area contributed by atoms with Crippen molar-refractivity contribution < 1.29 is 0 Å². The Morgan fingerprint density at radius 1 is 0.183 bits per heavy atom. The van der Waals surface area contributed by atoms with Crippen molar-refractivity contribution in [2.24, 2.45) is 0 Å². The van der Waals surface area contributed by atoms with Crippen LogP contribution >= 0.6 is 0 Å². The molecule has 0 aliphatic carbocycles. The van der Waals surface area contributed by atoms with Crippen LogP contribution in [0, 0.1) is 0 Å². The molecule has 282 valence electrons. The van der Waals surface area contributed by atoms with Crippen LogP contribution in [0.2, 0.25) is 0 Å². The number of nitrogens with zero attached hydrogens (tertiary/aromatic N) is 6. The van der Waals surface area contributed by atoms with Gasteiger partial charge in [0.05, 0.1) is 51.2 Å². The lowest BCUT2D eigenvalue weighted by Gasteiger charge is -2.13. The smallest absolute Gasteiger partial charge is 0.0709 e. The first kappa shape index (κ1) is 36.1. The minimum Gasteiger partial charge on any atom is -0.256 e. The Labute approximate surface area is 348 Å². The van der Waals surface area contributed by atoms with Gasteiger partial charge in [0.2, 0.25) is 0 Å². The van der Waals surface area contributed by atoms with Crippen molar-refractivity contribution >= 4 is 0 Å². The fourth-order valence-electron chi connectivity index (χ4n) is 7.45. The van der Waals surface area contributed by atoms with E-state index in [9.17, 15) is 0 Å². The maximum Gasteiger partial charge on any atom is 0.0709 e. The predicted octanol–water partition coefficient (Wildman–Crippen LogP) is 13.1. The van der Waals surface area contributed by atoms with Gasteiger partial charge in [0.25, 0.3) is 0 Å². The summed E-state index contributed by atoms with van der Waals surface area (Å²) in [6.07, 6.45) is 5.46. The van der Waals surface area contributed by atoms with Gasteiger partial charge in [-0.2, -0.15) is 0 Å². The fourth-order valence-corrected chi connectivity index (χ4v) is 7.45. The maximum atomic E-state index is 5.25. The third kappa shape index (κ3) is 7.73. The molecule has 6 heteroatoms. The van der Waals surface area contributed by atoms with Crippen LogP contribution in [0.1, 0.15) is 0 Å². The summed E-state index contributed by atoms with van der Waals surface area (Å²) in [6, 6.07) is 68.1. The van der Waals surface area contributed by atoms with Crippen molar-refractivity contribution in [1.29, 1.82) is 0 Å². The highest BCUT2D eigenvalue weighted by atomic mass is 14.7. The van der Waals surface area contributed by atoms with Gasteiger partial charge in [0.1, 0.15) is 0 Å². The van der Waals surface area contributed by atoms with Crippen molar-refractivity contribution in [3.63, 3.8) is 0 Å². The number of aromatic nitrogens is 6. The second-order valence-corrected chi connectivity index (χ2v) is 14.4. The Morgan fingerprint density at radius 2 is 0.400 bits per heavy atom. The lowest BCUT2D eigenvalue weighted by atomic mass is 9.97. The third-order valence-electron chi connectivity index (χ3n) is 10.4. The average molecular weight is 769 g/mol. The first-order chi connectivity index (χ1) is 29.7. The normalized spacial score (nSPS) is 11.0. The molecule has 0 bridgehead atoms. The summed E-state index contributed by atoms with van der Waals surface area (Å²) in [5.74, 6) is 0. The first-order valence-corrected chi connectivity index (χ1v) is 19.8. The molecular weight excluding hydrogens is 733 g/mol. The highest BCUT2D eigenvalue weighted by molar-refractivity contribution is 5.81. The molecule has 0 saturated heterocycles. The predicted molar refractivity (Wildman–Crippen MR) is 242 cm³/mol. The minimum absolute atomic E-state index is 0.845. The van der Waals surface area contributed by atoms with Gasteiger partial charge in [-0.3, -0.25) is 15.0 Å². The molecule has 4 aromatic carbocycles. The van der Waals surface area contributed by atoms with Crippen LogP contribution < -0.4 is 0 Å². The quantitative estimate of drug-likeness (QED) is 0.145. The molecule has 10 rings (SSSR count). The van der Waals surface area contributed by atoms with Crippen LogP contribution in [0.3, 0.4) is 0 Å². The highest BCUT2D eigenvalue weighted by Crippen LogP contribution is 2.35. The van der Waals surface area contributed by atoms with Crippen LogP contribution in [0.15, 0.2) is 219 Å². The summed E-state index contributed by atoms with van der Waals surface area (Å²) in [7, 11) is 0. The van der Waals surface area contributed by atoms with E-state index in [1.54, 1.807) is 0 Å². The number of hydrogen-bond donors (Lipinski definition) is 0. The lowest BCUT2D eigenvalue weighted by molar-refractivity contribution is 1.29. The number of pyridine rings is 6. The molecule has 6 aromatic heterocycles. The Morgan fingerprint density at radius 3 is 0.667 bits per heavy atom. The molecule has 0 unspecified atom stereocenters. The van der Waals surface area contributed by atoms with Crippen LogP contribution in [0.25, 0.3) is 101 Å². The summed E-state index contributed by atoms with van der Waals surface area (Å²) >= 11 is 0. The Bertz CT molecular complexity index is 2750. The topological polar surface area (TPSA) is 77.3 Å². The summed E-state index contributed by atoms with van der Waals surface area (Å²) < 4.78 is 0. The molecule has 0 amide bonds. The molecule has 10 aromatic rings. The SMILES string of the molecule is c1ccc(-c2cccc(-c3cccc(-c4cc(-c5cccc(-c6cccc(-c7ccccn7)c6)n5)cc(-c5cccc(-c6cccc(-c7ccccn7)c6)n5)c4)n3)c2)nc1. The lowest BCUT2D eigenvalue weighted by Crippen LogP contribution is -1.94. The third-order valence-corrected chi connectivity index (χ3v) is 10.4. The van der Waals surface area contributed by atoms with Gasteiger partial charge in [0.15, 0.2) is 0 Å². The molecule has 0 saturated carbocycles. The zero-order valence-corrected chi connectivity index (χ0v) is 32.5. The molecule has 0 spiro atoms. The molecule has 0 radical (unpaired) electrons. The van der Waals surface area contributed by atoms with Crippen molar-refractivity contribution in [3.05, 3.63) is 219 Å². The van der Waals surface area contributed by atoms with Crippen LogP contribution in [0.5, 0.6) is 0 Å². The molecule has 6 heterocycles. The Kier molecular flexibility index (Phi) is 9.84. The zero-order valence-electron chi connectivity index (χ0n) is 32.5. The van der Waals surface area contributed by atoms with E-state index in [-0.39, 0.29) is 0 Å². The molecule has 0 fully saturated rings. The van der Waals surface area contributed by atoms with Crippen LogP contribution in [-0.4, -0.2) is 29.9 Å². The summed E-state index contributed by atoms with van der Waals surface area (Å²) in [6.45, 7) is 0. The largest absolute Gasteiger partial charge is 0.256 e. The minimum atomic E-state index is 0.845. The maximum absolute atomic E-state index is 5.25. The van der Waals surface area contributed by atoms with E-state index in [0.717, 1.165) is 101 Å². The molecular formula is C54H36N6. The molecule has 6 nitrogen and oxygen atoms in total. The average Bonchev–Trinajstić information content (AvgIpc) is 3.35. The molecule has 0 aliphatic rings. The van der Waals surface area contributed by atoms with E-state index in [1.165, 1.54) is 0 Å². The van der Waals surface area contributed by atoms with E-state index < -0.39 is 0 Å². The van der Waals surface area contributed by atoms with E-state index in [0.29, 0.717) is 0 Å². The van der Waals surface area contributed by atoms with Gasteiger partial charge in [-0.25, -0.2) is 15.0 Å². The van der Waals surface area contributed by atoms with Crippen molar-refractivity contribution in [2.45, 2.75) is 0 Å². The van der Waals surface area contributed by atoms with Crippen LogP contribution in [0.4, 0.5) is 0 Å². The second kappa shape index (κ2) is 16.3. The molecule has 0 N–H and O–H groups in total. The Hall–Kier alpha value is -8.22. The summed E-state index contributed by atoms with van der Waals surface area (Å²) in [5.41, 5.74) is 17.0. The molecule has 0 atom stereocenters. The molecule has 0 aliphatic heterocycles. The summed E-state index contributed by atoms with van der Waals surface area (Å²) in [5, 5.41) is 0. The van der Waals surface area contributed by atoms with E-state index >= 15 is 0 Å². The van der Waals surface area contributed by atoms with Gasteiger partial charge in [0, 0.05) is 68.7 Å².